The fourth-order valence-corrected chi connectivity index (χ4v) is 3.39. The fourth-order valence-electron chi connectivity index (χ4n) is 1.47. The van der Waals surface area contributed by atoms with Gasteiger partial charge in [0.1, 0.15) is 5.82 Å². The third-order valence-electron chi connectivity index (χ3n) is 2.12. The Hall–Kier alpha value is -0.910. The molecular weight excluding hydrogens is 255 g/mol. The summed E-state index contributed by atoms with van der Waals surface area (Å²) in [5.41, 5.74) is 1.95. The van der Waals surface area contributed by atoms with Gasteiger partial charge in [0.2, 0.25) is 0 Å². The summed E-state index contributed by atoms with van der Waals surface area (Å²) in [5.74, 6) is -0.200. The van der Waals surface area contributed by atoms with E-state index in [1.165, 1.54) is 11.8 Å². The molecule has 90 valence electrons. The van der Waals surface area contributed by atoms with E-state index in [0.29, 0.717) is 6.54 Å². The molecule has 0 spiro atoms. The first-order valence-electron chi connectivity index (χ1n) is 5.21. The number of halogens is 1. The molecule has 2 rings (SSSR count). The number of aryl methyl sites for hydroxylation is 1. The highest BCUT2D eigenvalue weighted by Crippen LogP contribution is 2.31. The Kier molecular flexibility index (Phi) is 4.15. The lowest BCUT2D eigenvalue weighted by Crippen LogP contribution is -2.05. The van der Waals surface area contributed by atoms with Gasteiger partial charge in [0.15, 0.2) is 4.34 Å². The smallest absolute Gasteiger partial charge is 0.154 e. The van der Waals surface area contributed by atoms with Crippen molar-refractivity contribution in [3.8, 4) is 0 Å². The molecule has 5 heteroatoms. The van der Waals surface area contributed by atoms with Crippen LogP contribution in [0.4, 0.5) is 4.39 Å². The van der Waals surface area contributed by atoms with Gasteiger partial charge >= 0.3 is 0 Å². The van der Waals surface area contributed by atoms with E-state index in [1.807, 2.05) is 25.4 Å². The summed E-state index contributed by atoms with van der Waals surface area (Å²) in [6.45, 7) is 2.63. The molecule has 0 saturated heterocycles. The van der Waals surface area contributed by atoms with E-state index >= 15 is 0 Å². The zero-order valence-corrected chi connectivity index (χ0v) is 11.3. The van der Waals surface area contributed by atoms with E-state index in [2.05, 4.69) is 10.3 Å². The molecule has 0 aliphatic carbocycles. The summed E-state index contributed by atoms with van der Waals surface area (Å²) in [4.78, 5) is 5.25. The lowest BCUT2D eigenvalue weighted by Gasteiger charge is -2.04. The average molecular weight is 268 g/mol. The average Bonchev–Trinajstić information content (AvgIpc) is 2.63. The highest BCUT2D eigenvalue weighted by molar-refractivity contribution is 8.01. The van der Waals surface area contributed by atoms with Crippen LogP contribution in [-0.4, -0.2) is 12.0 Å². The van der Waals surface area contributed by atoms with Crippen LogP contribution in [0.1, 0.15) is 11.3 Å². The Morgan fingerprint density at radius 2 is 2.24 bits per heavy atom. The molecule has 0 aliphatic heterocycles. The number of hydrogen-bond acceptors (Lipinski definition) is 4. The number of rotatable bonds is 4. The molecule has 0 amide bonds. The quantitative estimate of drug-likeness (QED) is 0.919. The molecule has 1 aromatic heterocycles. The van der Waals surface area contributed by atoms with Gasteiger partial charge in [0.05, 0.1) is 0 Å². The molecule has 0 bridgehead atoms. The number of aromatic nitrogens is 1. The lowest BCUT2D eigenvalue weighted by molar-refractivity contribution is 0.619. The SMILES string of the molecule is CNCc1cc(F)cc(Sc2nc(C)cs2)c1. The van der Waals surface area contributed by atoms with Crippen molar-refractivity contribution in [2.45, 2.75) is 22.7 Å². The van der Waals surface area contributed by atoms with Gasteiger partial charge < -0.3 is 5.32 Å². The zero-order chi connectivity index (χ0) is 12.3. The zero-order valence-electron chi connectivity index (χ0n) is 9.66. The molecule has 1 aromatic carbocycles. The molecule has 1 N–H and O–H groups in total. The summed E-state index contributed by atoms with van der Waals surface area (Å²) in [7, 11) is 1.85. The minimum absolute atomic E-state index is 0.200. The molecule has 0 saturated carbocycles. The van der Waals surface area contributed by atoms with Crippen LogP contribution in [-0.2, 0) is 6.54 Å². The largest absolute Gasteiger partial charge is 0.316 e. The van der Waals surface area contributed by atoms with Crippen molar-refractivity contribution in [1.29, 1.82) is 0 Å². The van der Waals surface area contributed by atoms with Gasteiger partial charge in [0.25, 0.3) is 0 Å². The second kappa shape index (κ2) is 5.62. The van der Waals surface area contributed by atoms with Crippen LogP contribution in [0.15, 0.2) is 32.8 Å². The Balaban J connectivity index is 2.20. The van der Waals surface area contributed by atoms with E-state index in [1.54, 1.807) is 23.5 Å². The Labute approximate surface area is 108 Å². The maximum absolute atomic E-state index is 13.4. The first-order valence-corrected chi connectivity index (χ1v) is 6.91. The van der Waals surface area contributed by atoms with Crippen molar-refractivity contribution in [3.05, 3.63) is 40.7 Å². The Morgan fingerprint density at radius 1 is 1.41 bits per heavy atom. The second-order valence-electron chi connectivity index (χ2n) is 3.68. The summed E-state index contributed by atoms with van der Waals surface area (Å²) in [6, 6.07) is 5.08. The van der Waals surface area contributed by atoms with Gasteiger partial charge in [-0.05, 0) is 37.7 Å². The van der Waals surface area contributed by atoms with Crippen LogP contribution >= 0.6 is 23.1 Å². The molecule has 2 aromatic rings. The fraction of sp³-hybridized carbons (Fsp3) is 0.250. The molecular formula is C12H13FN2S2. The molecule has 0 radical (unpaired) electrons. The molecule has 0 unspecified atom stereocenters. The van der Waals surface area contributed by atoms with Gasteiger partial charge in [-0.2, -0.15) is 0 Å². The molecule has 0 aliphatic rings. The van der Waals surface area contributed by atoms with Crippen LogP contribution in [0.3, 0.4) is 0 Å². The van der Waals surface area contributed by atoms with Crippen LogP contribution in [0, 0.1) is 12.7 Å². The summed E-state index contributed by atoms with van der Waals surface area (Å²) >= 11 is 3.09. The minimum atomic E-state index is -0.200. The van der Waals surface area contributed by atoms with Gasteiger partial charge in [-0.3, -0.25) is 0 Å². The van der Waals surface area contributed by atoms with Crippen LogP contribution in [0.25, 0.3) is 0 Å². The Bertz CT molecular complexity index is 511. The predicted molar refractivity (Wildman–Crippen MR) is 70.1 cm³/mol. The van der Waals surface area contributed by atoms with E-state index in [-0.39, 0.29) is 5.82 Å². The molecule has 0 fully saturated rings. The first kappa shape index (κ1) is 12.5. The number of benzene rings is 1. The molecule has 17 heavy (non-hydrogen) atoms. The molecule has 0 atom stereocenters. The highest BCUT2D eigenvalue weighted by atomic mass is 32.2. The second-order valence-corrected chi connectivity index (χ2v) is 5.86. The van der Waals surface area contributed by atoms with Crippen molar-refractivity contribution < 1.29 is 4.39 Å². The maximum Gasteiger partial charge on any atom is 0.154 e. The number of hydrogen-bond donors (Lipinski definition) is 1. The topological polar surface area (TPSA) is 24.9 Å². The third-order valence-corrected chi connectivity index (χ3v) is 4.14. The number of nitrogens with one attached hydrogen (secondary N) is 1. The van der Waals surface area contributed by atoms with E-state index in [0.717, 1.165) is 20.5 Å². The summed E-state index contributed by atoms with van der Waals surface area (Å²) < 4.78 is 14.3. The van der Waals surface area contributed by atoms with Crippen molar-refractivity contribution in [3.63, 3.8) is 0 Å². The predicted octanol–water partition coefficient (Wildman–Crippen LogP) is 3.46. The monoisotopic (exact) mass is 268 g/mol. The summed E-state index contributed by atoms with van der Waals surface area (Å²) in [6.07, 6.45) is 0. The van der Waals surface area contributed by atoms with Gasteiger partial charge in [-0.1, -0.05) is 11.8 Å². The van der Waals surface area contributed by atoms with Crippen molar-refractivity contribution >= 4 is 23.1 Å². The van der Waals surface area contributed by atoms with E-state index in [4.69, 9.17) is 0 Å². The third kappa shape index (κ3) is 3.52. The Morgan fingerprint density at radius 3 is 2.88 bits per heavy atom. The standard InChI is InChI=1S/C12H13FN2S2/c1-8-7-16-12(15-8)17-11-4-9(6-14-2)3-10(13)5-11/h3-5,7,14H,6H2,1-2H3. The highest BCUT2D eigenvalue weighted by Gasteiger charge is 2.05. The van der Waals surface area contributed by atoms with Gasteiger partial charge in [-0.25, -0.2) is 9.37 Å². The van der Waals surface area contributed by atoms with E-state index < -0.39 is 0 Å². The van der Waals surface area contributed by atoms with Crippen molar-refractivity contribution in [2.24, 2.45) is 0 Å². The molecule has 2 nitrogen and oxygen atoms in total. The first-order chi connectivity index (χ1) is 8.17. The summed E-state index contributed by atoms with van der Waals surface area (Å²) in [5, 5.41) is 5.01. The van der Waals surface area contributed by atoms with Crippen molar-refractivity contribution in [1.82, 2.24) is 10.3 Å². The normalized spacial score (nSPS) is 10.8. The van der Waals surface area contributed by atoms with Crippen LogP contribution < -0.4 is 5.32 Å². The van der Waals surface area contributed by atoms with Crippen LogP contribution in [0.2, 0.25) is 0 Å². The number of nitrogens with zero attached hydrogens (tertiary/aromatic N) is 1. The van der Waals surface area contributed by atoms with E-state index in [9.17, 15) is 4.39 Å². The molecule has 1 heterocycles. The lowest BCUT2D eigenvalue weighted by atomic mass is 10.2. The van der Waals surface area contributed by atoms with Crippen LogP contribution in [0.5, 0.6) is 0 Å². The maximum atomic E-state index is 13.4. The van der Waals surface area contributed by atoms with Gasteiger partial charge in [-0.15, -0.1) is 11.3 Å². The van der Waals surface area contributed by atoms with Crippen molar-refractivity contribution in [2.75, 3.05) is 7.05 Å². The number of thiazole rings is 1. The minimum Gasteiger partial charge on any atom is -0.316 e. The van der Waals surface area contributed by atoms with Gasteiger partial charge in [0, 0.05) is 22.5 Å².